The minimum atomic E-state index is 0.808. The molecule has 0 aliphatic carbocycles. The Morgan fingerprint density at radius 1 is 1.42 bits per heavy atom. The van der Waals surface area contributed by atoms with Gasteiger partial charge in [0, 0.05) is 20.3 Å². The van der Waals surface area contributed by atoms with Gasteiger partial charge in [0.25, 0.3) is 0 Å². The highest BCUT2D eigenvalue weighted by Gasteiger charge is 2.04. The summed E-state index contributed by atoms with van der Waals surface area (Å²) < 4.78 is 2.50. The molecule has 0 spiro atoms. The standard InChI is InChI=1S/C9H7BrS2/c10-7-2-1-3-8-9(7)6(4-11)5-12-8/h1-3,5,11H,4H2. The van der Waals surface area contributed by atoms with Gasteiger partial charge in [0.05, 0.1) is 0 Å². The number of thiophene rings is 1. The summed E-state index contributed by atoms with van der Waals surface area (Å²) in [6.45, 7) is 0. The molecular formula is C9H7BrS2. The van der Waals surface area contributed by atoms with Gasteiger partial charge in [0.1, 0.15) is 0 Å². The van der Waals surface area contributed by atoms with Crippen molar-refractivity contribution in [3.63, 3.8) is 0 Å². The van der Waals surface area contributed by atoms with Crippen LogP contribution in [0.3, 0.4) is 0 Å². The van der Waals surface area contributed by atoms with Crippen molar-refractivity contribution in [2.24, 2.45) is 0 Å². The SMILES string of the molecule is SCc1csc2cccc(Br)c12. The Balaban J connectivity index is 2.83. The van der Waals surface area contributed by atoms with Crippen molar-refractivity contribution < 1.29 is 0 Å². The van der Waals surface area contributed by atoms with Crippen LogP contribution in [0.25, 0.3) is 10.1 Å². The van der Waals surface area contributed by atoms with Gasteiger partial charge in [0.2, 0.25) is 0 Å². The van der Waals surface area contributed by atoms with Crippen molar-refractivity contribution in [3.05, 3.63) is 33.6 Å². The van der Waals surface area contributed by atoms with Crippen molar-refractivity contribution in [2.45, 2.75) is 5.75 Å². The maximum absolute atomic E-state index is 4.29. The van der Waals surface area contributed by atoms with E-state index in [-0.39, 0.29) is 0 Å². The van der Waals surface area contributed by atoms with Gasteiger partial charge in [-0.15, -0.1) is 11.3 Å². The van der Waals surface area contributed by atoms with Crippen molar-refractivity contribution in [1.29, 1.82) is 0 Å². The molecule has 2 aromatic rings. The number of thiol groups is 1. The molecule has 0 aliphatic rings. The van der Waals surface area contributed by atoms with Gasteiger partial charge >= 0.3 is 0 Å². The van der Waals surface area contributed by atoms with Gasteiger partial charge in [-0.2, -0.15) is 12.6 Å². The normalized spacial score (nSPS) is 10.8. The van der Waals surface area contributed by atoms with E-state index in [2.05, 4.69) is 52.1 Å². The summed E-state index contributed by atoms with van der Waals surface area (Å²) in [5, 5.41) is 3.49. The van der Waals surface area contributed by atoms with E-state index in [0.29, 0.717) is 0 Å². The predicted molar refractivity (Wildman–Crippen MR) is 62.2 cm³/mol. The van der Waals surface area contributed by atoms with Crippen LogP contribution in [-0.4, -0.2) is 0 Å². The van der Waals surface area contributed by atoms with Crippen LogP contribution in [0.2, 0.25) is 0 Å². The number of fused-ring (bicyclic) bond motifs is 1. The Labute approximate surface area is 89.1 Å². The number of hydrogen-bond acceptors (Lipinski definition) is 2. The maximum atomic E-state index is 4.29. The smallest absolute Gasteiger partial charge is 0.0357 e. The fourth-order valence-corrected chi connectivity index (χ4v) is 3.34. The lowest BCUT2D eigenvalue weighted by Gasteiger charge is -1.96. The van der Waals surface area contributed by atoms with Crippen LogP contribution in [0.5, 0.6) is 0 Å². The van der Waals surface area contributed by atoms with Gasteiger partial charge in [-0.05, 0) is 23.1 Å². The summed E-state index contributed by atoms with van der Waals surface area (Å²) in [5.41, 5.74) is 1.31. The zero-order valence-corrected chi connectivity index (χ0v) is 9.55. The molecule has 1 aromatic heterocycles. The van der Waals surface area contributed by atoms with Crippen LogP contribution in [-0.2, 0) is 5.75 Å². The van der Waals surface area contributed by atoms with Gasteiger partial charge in [-0.3, -0.25) is 0 Å². The fraction of sp³-hybridized carbons (Fsp3) is 0.111. The molecule has 0 saturated carbocycles. The molecule has 0 radical (unpaired) electrons. The van der Waals surface area contributed by atoms with Crippen LogP contribution < -0.4 is 0 Å². The highest BCUT2D eigenvalue weighted by atomic mass is 79.9. The molecule has 0 saturated heterocycles. The topological polar surface area (TPSA) is 0 Å². The second kappa shape index (κ2) is 3.40. The minimum absolute atomic E-state index is 0.808. The first-order chi connectivity index (χ1) is 5.83. The molecular weight excluding hydrogens is 252 g/mol. The zero-order chi connectivity index (χ0) is 8.55. The third-order valence-electron chi connectivity index (χ3n) is 1.79. The average molecular weight is 259 g/mol. The summed E-state index contributed by atoms with van der Waals surface area (Å²) in [4.78, 5) is 0. The second-order valence-electron chi connectivity index (χ2n) is 2.53. The Hall–Kier alpha value is 0.01000. The molecule has 0 nitrogen and oxygen atoms in total. The second-order valence-corrected chi connectivity index (χ2v) is 4.61. The lowest BCUT2D eigenvalue weighted by Crippen LogP contribution is -1.74. The van der Waals surface area contributed by atoms with Crippen LogP contribution in [0.4, 0.5) is 0 Å². The molecule has 62 valence electrons. The van der Waals surface area contributed by atoms with Crippen molar-refractivity contribution in [1.82, 2.24) is 0 Å². The number of rotatable bonds is 1. The van der Waals surface area contributed by atoms with Crippen molar-refractivity contribution in [3.8, 4) is 0 Å². The first kappa shape index (κ1) is 8.60. The molecule has 0 atom stereocenters. The summed E-state index contributed by atoms with van der Waals surface area (Å²) in [6, 6.07) is 6.27. The minimum Gasteiger partial charge on any atom is -0.174 e. The molecule has 1 heterocycles. The number of benzene rings is 1. The van der Waals surface area contributed by atoms with Gasteiger partial charge in [-0.25, -0.2) is 0 Å². The molecule has 2 rings (SSSR count). The predicted octanol–water partition coefficient (Wildman–Crippen LogP) is 4.09. The van der Waals surface area contributed by atoms with Gasteiger partial charge in [0.15, 0.2) is 0 Å². The number of halogens is 1. The Bertz CT molecular complexity index is 406. The highest BCUT2D eigenvalue weighted by molar-refractivity contribution is 9.10. The Morgan fingerprint density at radius 3 is 3.00 bits per heavy atom. The average Bonchev–Trinajstić information content (AvgIpc) is 2.49. The molecule has 0 amide bonds. The van der Waals surface area contributed by atoms with Crippen LogP contribution in [0.1, 0.15) is 5.56 Å². The Morgan fingerprint density at radius 2 is 2.25 bits per heavy atom. The molecule has 0 bridgehead atoms. The van der Waals surface area contributed by atoms with Crippen molar-refractivity contribution >= 4 is 50.0 Å². The summed E-state index contributed by atoms with van der Waals surface area (Å²) in [6.07, 6.45) is 0. The molecule has 0 N–H and O–H groups in total. The lowest BCUT2D eigenvalue weighted by atomic mass is 10.2. The van der Waals surface area contributed by atoms with E-state index in [1.165, 1.54) is 20.1 Å². The highest BCUT2D eigenvalue weighted by Crippen LogP contribution is 2.32. The van der Waals surface area contributed by atoms with Gasteiger partial charge < -0.3 is 0 Å². The van der Waals surface area contributed by atoms with E-state index in [1.807, 2.05) is 0 Å². The molecule has 0 unspecified atom stereocenters. The van der Waals surface area contributed by atoms with E-state index in [1.54, 1.807) is 11.3 Å². The van der Waals surface area contributed by atoms with Crippen LogP contribution in [0.15, 0.2) is 28.1 Å². The molecule has 3 heteroatoms. The molecule has 1 aromatic carbocycles. The van der Waals surface area contributed by atoms with Crippen LogP contribution in [0, 0.1) is 0 Å². The van der Waals surface area contributed by atoms with Crippen LogP contribution >= 0.6 is 39.9 Å². The largest absolute Gasteiger partial charge is 0.174 e. The Kier molecular flexibility index (Phi) is 2.44. The van der Waals surface area contributed by atoms with E-state index < -0.39 is 0 Å². The number of hydrogen-bond donors (Lipinski definition) is 1. The van der Waals surface area contributed by atoms with E-state index >= 15 is 0 Å². The lowest BCUT2D eigenvalue weighted by molar-refractivity contribution is 1.52. The maximum Gasteiger partial charge on any atom is 0.0357 e. The molecule has 12 heavy (non-hydrogen) atoms. The third kappa shape index (κ3) is 1.30. The summed E-state index contributed by atoms with van der Waals surface area (Å²) >= 11 is 9.60. The third-order valence-corrected chi connectivity index (χ3v) is 3.79. The van der Waals surface area contributed by atoms with Gasteiger partial charge in [-0.1, -0.05) is 22.0 Å². The van der Waals surface area contributed by atoms with E-state index in [4.69, 9.17) is 0 Å². The monoisotopic (exact) mass is 258 g/mol. The van der Waals surface area contributed by atoms with Crippen molar-refractivity contribution in [2.75, 3.05) is 0 Å². The molecule has 0 aliphatic heterocycles. The fourth-order valence-electron chi connectivity index (χ4n) is 1.22. The first-order valence-electron chi connectivity index (χ1n) is 3.58. The summed E-state index contributed by atoms with van der Waals surface area (Å²) in [7, 11) is 0. The van der Waals surface area contributed by atoms with E-state index in [9.17, 15) is 0 Å². The quantitative estimate of drug-likeness (QED) is 0.732. The molecule has 0 fully saturated rings. The zero-order valence-electron chi connectivity index (χ0n) is 6.25. The first-order valence-corrected chi connectivity index (χ1v) is 5.89. The summed E-state index contributed by atoms with van der Waals surface area (Å²) in [5.74, 6) is 0.808. The van der Waals surface area contributed by atoms with E-state index in [0.717, 1.165) is 5.75 Å².